The van der Waals surface area contributed by atoms with Gasteiger partial charge in [-0.3, -0.25) is 0 Å². The maximum atomic E-state index is 6.45. The minimum Gasteiger partial charge on any atom is -0.414 e. The van der Waals surface area contributed by atoms with Crippen molar-refractivity contribution >= 4 is 16.6 Å². The molecule has 0 aliphatic carbocycles. The third-order valence-corrected chi connectivity index (χ3v) is 16.4. The second-order valence-electron chi connectivity index (χ2n) is 12.8. The SMILES string of the molecule is C[C@H](C/C=C/CC[C@H]1OC(C)(C)O[C@@H]1CO[Si](C)(C)C(C)(C)C)O[Si](C)(C)C(C)(C)C. The summed E-state index contributed by atoms with van der Waals surface area (Å²) in [5, 5.41) is 0.447. The Balaban J connectivity index is 2.53. The average molecular weight is 473 g/mol. The lowest BCUT2D eigenvalue weighted by molar-refractivity contribution is -0.149. The number of ether oxygens (including phenoxy) is 2. The second kappa shape index (κ2) is 10.5. The monoisotopic (exact) mass is 472 g/mol. The molecule has 1 saturated heterocycles. The van der Waals surface area contributed by atoms with Gasteiger partial charge in [0, 0.05) is 6.10 Å². The molecule has 1 aliphatic heterocycles. The summed E-state index contributed by atoms with van der Waals surface area (Å²) in [6.07, 6.45) is 7.75. The highest BCUT2D eigenvalue weighted by atomic mass is 28.4. The highest BCUT2D eigenvalue weighted by molar-refractivity contribution is 6.74. The normalized spacial score (nSPS) is 24.2. The molecule has 0 bridgehead atoms. The number of allylic oxidation sites excluding steroid dienone is 1. The van der Waals surface area contributed by atoms with E-state index in [0.717, 1.165) is 19.3 Å². The van der Waals surface area contributed by atoms with Gasteiger partial charge in [-0.15, -0.1) is 0 Å². The van der Waals surface area contributed by atoms with Crippen molar-refractivity contribution < 1.29 is 18.3 Å². The first-order chi connectivity index (χ1) is 13.8. The molecule has 0 unspecified atom stereocenters. The first-order valence-electron chi connectivity index (χ1n) is 12.1. The van der Waals surface area contributed by atoms with Crippen LogP contribution in [0.2, 0.25) is 36.3 Å². The Labute approximate surface area is 195 Å². The number of hydrogen-bond acceptors (Lipinski definition) is 4. The molecule has 0 aromatic carbocycles. The summed E-state index contributed by atoms with van der Waals surface area (Å²) in [5.74, 6) is -0.540. The minimum atomic E-state index is -1.80. The third-order valence-electron chi connectivity index (χ3n) is 7.25. The van der Waals surface area contributed by atoms with Crippen molar-refractivity contribution in [2.45, 2.75) is 142 Å². The lowest BCUT2D eigenvalue weighted by atomic mass is 10.1. The van der Waals surface area contributed by atoms with Crippen molar-refractivity contribution in [3.8, 4) is 0 Å². The molecule has 6 heteroatoms. The molecule has 0 N–H and O–H groups in total. The molecular formula is C25H52O4Si2. The van der Waals surface area contributed by atoms with E-state index in [-0.39, 0.29) is 28.4 Å². The number of hydrogen-bond donors (Lipinski definition) is 0. The van der Waals surface area contributed by atoms with E-state index >= 15 is 0 Å². The van der Waals surface area contributed by atoms with Crippen LogP contribution in [-0.2, 0) is 18.3 Å². The maximum absolute atomic E-state index is 6.45. The van der Waals surface area contributed by atoms with E-state index < -0.39 is 22.4 Å². The first-order valence-corrected chi connectivity index (χ1v) is 17.9. The summed E-state index contributed by atoms with van der Waals surface area (Å²) < 4.78 is 25.3. The summed E-state index contributed by atoms with van der Waals surface area (Å²) in [6.45, 7) is 29.7. The topological polar surface area (TPSA) is 36.9 Å². The summed E-state index contributed by atoms with van der Waals surface area (Å²) in [5.41, 5.74) is 0. The van der Waals surface area contributed by atoms with Gasteiger partial charge in [0.2, 0.25) is 0 Å². The molecule has 0 spiro atoms. The van der Waals surface area contributed by atoms with Crippen LogP contribution in [0.25, 0.3) is 0 Å². The zero-order chi connectivity index (χ0) is 24.3. The lowest BCUT2D eigenvalue weighted by Gasteiger charge is -2.38. The molecule has 1 aliphatic rings. The van der Waals surface area contributed by atoms with Gasteiger partial charge in [0.05, 0.1) is 12.7 Å². The van der Waals surface area contributed by atoms with E-state index in [2.05, 4.69) is 86.8 Å². The van der Waals surface area contributed by atoms with Crippen LogP contribution in [0.15, 0.2) is 12.2 Å². The van der Waals surface area contributed by atoms with E-state index in [4.69, 9.17) is 18.3 Å². The van der Waals surface area contributed by atoms with Gasteiger partial charge in [-0.25, -0.2) is 0 Å². The van der Waals surface area contributed by atoms with Gasteiger partial charge >= 0.3 is 0 Å². The summed E-state index contributed by atoms with van der Waals surface area (Å²) in [4.78, 5) is 0. The fourth-order valence-corrected chi connectivity index (χ4v) is 5.67. The quantitative estimate of drug-likeness (QED) is 0.241. The fraction of sp³-hybridized carbons (Fsp3) is 0.920. The molecule has 0 aromatic rings. The highest BCUT2D eigenvalue weighted by Gasteiger charge is 2.44. The van der Waals surface area contributed by atoms with Crippen molar-refractivity contribution in [3.05, 3.63) is 12.2 Å². The van der Waals surface area contributed by atoms with Crippen LogP contribution in [0.1, 0.15) is 81.6 Å². The molecule has 1 rings (SSSR count). The molecule has 1 heterocycles. The van der Waals surface area contributed by atoms with Crippen LogP contribution < -0.4 is 0 Å². The Morgan fingerprint density at radius 3 is 1.90 bits per heavy atom. The zero-order valence-electron chi connectivity index (χ0n) is 22.8. The van der Waals surface area contributed by atoms with Crippen molar-refractivity contribution in [2.24, 2.45) is 0 Å². The molecule has 0 aromatic heterocycles. The molecule has 4 nitrogen and oxygen atoms in total. The Kier molecular flexibility index (Phi) is 9.85. The second-order valence-corrected chi connectivity index (χ2v) is 22.3. The Morgan fingerprint density at radius 2 is 1.39 bits per heavy atom. The fourth-order valence-electron chi connectivity index (χ4n) is 3.20. The Hall–Kier alpha value is 0.0138. The molecule has 0 amide bonds. The Bertz CT molecular complexity index is 585. The van der Waals surface area contributed by atoms with Crippen LogP contribution in [0.3, 0.4) is 0 Å². The predicted octanol–water partition coefficient (Wildman–Crippen LogP) is 7.67. The van der Waals surface area contributed by atoms with Gasteiger partial charge in [0.25, 0.3) is 0 Å². The molecule has 0 saturated carbocycles. The van der Waals surface area contributed by atoms with E-state index in [1.807, 2.05) is 13.8 Å². The smallest absolute Gasteiger partial charge is 0.192 e. The highest BCUT2D eigenvalue weighted by Crippen LogP contribution is 2.39. The van der Waals surface area contributed by atoms with Gasteiger partial charge in [-0.05, 0) is 76.3 Å². The van der Waals surface area contributed by atoms with Gasteiger partial charge < -0.3 is 18.3 Å². The van der Waals surface area contributed by atoms with Crippen molar-refractivity contribution in [1.29, 1.82) is 0 Å². The molecule has 0 radical (unpaired) electrons. The van der Waals surface area contributed by atoms with E-state index in [1.54, 1.807) is 0 Å². The zero-order valence-corrected chi connectivity index (χ0v) is 24.8. The average Bonchev–Trinajstić information content (AvgIpc) is 2.84. The largest absolute Gasteiger partial charge is 0.414 e. The maximum Gasteiger partial charge on any atom is 0.192 e. The summed E-state index contributed by atoms with van der Waals surface area (Å²) in [7, 11) is -3.50. The number of rotatable bonds is 10. The summed E-state index contributed by atoms with van der Waals surface area (Å²) >= 11 is 0. The van der Waals surface area contributed by atoms with Crippen molar-refractivity contribution in [1.82, 2.24) is 0 Å². The predicted molar refractivity (Wildman–Crippen MR) is 138 cm³/mol. The molecule has 184 valence electrons. The van der Waals surface area contributed by atoms with Gasteiger partial charge in [0.1, 0.15) is 6.10 Å². The van der Waals surface area contributed by atoms with E-state index in [0.29, 0.717) is 6.61 Å². The van der Waals surface area contributed by atoms with Gasteiger partial charge in [0.15, 0.2) is 22.4 Å². The van der Waals surface area contributed by atoms with Crippen LogP contribution in [0, 0.1) is 0 Å². The minimum absolute atomic E-state index is 0.00151. The van der Waals surface area contributed by atoms with Gasteiger partial charge in [-0.1, -0.05) is 53.7 Å². The van der Waals surface area contributed by atoms with E-state index in [9.17, 15) is 0 Å². The van der Waals surface area contributed by atoms with Crippen molar-refractivity contribution in [3.63, 3.8) is 0 Å². The summed E-state index contributed by atoms with van der Waals surface area (Å²) in [6, 6.07) is 0. The van der Waals surface area contributed by atoms with Crippen LogP contribution in [0.4, 0.5) is 0 Å². The van der Waals surface area contributed by atoms with Crippen molar-refractivity contribution in [2.75, 3.05) is 6.61 Å². The first kappa shape index (κ1) is 29.0. The Morgan fingerprint density at radius 1 is 0.871 bits per heavy atom. The van der Waals surface area contributed by atoms with Crippen LogP contribution >= 0.6 is 0 Å². The molecule has 31 heavy (non-hydrogen) atoms. The molecular weight excluding hydrogens is 420 g/mol. The standard InChI is InChI=1S/C25H52O4Si2/c1-20(29-31(12,13)24(5,6)7)17-15-14-16-18-21-22(28-25(8,9)27-21)19-26-30(10,11)23(2,3)4/h14-15,20-22H,16-19H2,1-13H3/b15-14+/t20-,21-,22-/m1/s1. The molecule has 3 atom stereocenters. The van der Waals surface area contributed by atoms with Gasteiger partial charge in [-0.2, -0.15) is 0 Å². The third kappa shape index (κ3) is 9.05. The van der Waals surface area contributed by atoms with Crippen LogP contribution in [0.5, 0.6) is 0 Å². The van der Waals surface area contributed by atoms with E-state index in [1.165, 1.54) is 0 Å². The lowest BCUT2D eigenvalue weighted by Crippen LogP contribution is -2.44. The molecule has 1 fully saturated rings. The van der Waals surface area contributed by atoms with Crippen LogP contribution in [-0.4, -0.2) is 47.3 Å².